The normalized spacial score (nSPS) is 21.4. The van der Waals surface area contributed by atoms with Crippen LogP contribution >= 0.6 is 0 Å². The molecule has 2 saturated heterocycles. The van der Waals surface area contributed by atoms with Crippen LogP contribution in [0.4, 0.5) is 11.6 Å². The molecule has 2 aliphatic heterocycles. The number of carbonyl (C=O) groups is 1. The zero-order valence-corrected chi connectivity index (χ0v) is 15.6. The number of carbonyl (C=O) groups excluding carboxylic acids is 1. The number of anilines is 2. The summed E-state index contributed by atoms with van der Waals surface area (Å²) in [6, 6.07) is 2.39. The summed E-state index contributed by atoms with van der Waals surface area (Å²) in [5, 5.41) is 13.9. The molecule has 2 atom stereocenters. The second-order valence-corrected chi connectivity index (χ2v) is 7.00. The number of Topliss-reactive ketones (excluding diaryl/α,β-unsaturated/α-hetero) is 1. The molecule has 4 rings (SSSR count). The fourth-order valence-electron chi connectivity index (χ4n) is 3.87. The van der Waals surface area contributed by atoms with Gasteiger partial charge in [0.1, 0.15) is 23.7 Å². The van der Waals surface area contributed by atoms with Gasteiger partial charge < -0.3 is 20.9 Å². The highest BCUT2D eigenvalue weighted by Gasteiger charge is 2.39. The van der Waals surface area contributed by atoms with E-state index in [0.29, 0.717) is 75.6 Å². The molecule has 2 aliphatic rings. The second-order valence-electron chi connectivity index (χ2n) is 7.00. The number of ether oxygens (including phenoxy) is 2. The van der Waals surface area contributed by atoms with Crippen molar-refractivity contribution in [3.05, 3.63) is 23.5 Å². The van der Waals surface area contributed by atoms with Gasteiger partial charge >= 0.3 is 0 Å². The first-order valence-corrected chi connectivity index (χ1v) is 9.42. The third-order valence-corrected chi connectivity index (χ3v) is 5.18. The van der Waals surface area contributed by atoms with Crippen molar-refractivity contribution in [3.63, 3.8) is 0 Å². The van der Waals surface area contributed by atoms with Gasteiger partial charge in [0.25, 0.3) is 0 Å². The minimum absolute atomic E-state index is 0.0103. The van der Waals surface area contributed by atoms with E-state index in [2.05, 4.69) is 30.2 Å². The number of ketones is 1. The van der Waals surface area contributed by atoms with Crippen LogP contribution in [0.5, 0.6) is 0 Å². The first-order valence-electron chi connectivity index (χ1n) is 9.42. The molecule has 0 radical (unpaired) electrons. The van der Waals surface area contributed by atoms with Crippen LogP contribution < -0.4 is 11.5 Å². The Morgan fingerprint density at radius 2 is 1.25 bits per heavy atom. The summed E-state index contributed by atoms with van der Waals surface area (Å²) in [6.07, 6.45) is 0. The molecule has 0 bridgehead atoms. The molecule has 2 fully saturated rings. The van der Waals surface area contributed by atoms with Crippen molar-refractivity contribution in [1.82, 2.24) is 30.2 Å². The third kappa shape index (κ3) is 3.87. The number of H-pyrrole nitrogens is 2. The van der Waals surface area contributed by atoms with Gasteiger partial charge in [-0.25, -0.2) is 0 Å². The lowest BCUT2D eigenvalue weighted by Crippen LogP contribution is -2.48. The van der Waals surface area contributed by atoms with Crippen molar-refractivity contribution in [1.29, 1.82) is 0 Å². The lowest BCUT2D eigenvalue weighted by atomic mass is 9.96. The maximum Gasteiger partial charge on any atom is 0.179 e. The number of rotatable bonds is 6. The van der Waals surface area contributed by atoms with Gasteiger partial charge in [0.05, 0.1) is 37.8 Å². The van der Waals surface area contributed by atoms with E-state index in [1.807, 2.05) is 0 Å². The predicted octanol–water partition coefficient (Wildman–Crippen LogP) is -0.687. The molecule has 0 saturated carbocycles. The minimum atomic E-state index is -0.522. The van der Waals surface area contributed by atoms with E-state index in [9.17, 15) is 4.79 Å². The van der Waals surface area contributed by atoms with Crippen LogP contribution in [0.2, 0.25) is 0 Å². The molecule has 6 N–H and O–H groups in total. The molecule has 0 amide bonds. The van der Waals surface area contributed by atoms with Crippen LogP contribution in [0.1, 0.15) is 23.5 Å². The largest absolute Gasteiger partial charge is 0.382 e. The summed E-state index contributed by atoms with van der Waals surface area (Å²) in [7, 11) is 0. The van der Waals surface area contributed by atoms with Gasteiger partial charge in [0.15, 0.2) is 5.78 Å². The van der Waals surface area contributed by atoms with Crippen molar-refractivity contribution in [2.24, 2.45) is 0 Å². The Morgan fingerprint density at radius 1 is 0.857 bits per heavy atom. The van der Waals surface area contributed by atoms with Crippen molar-refractivity contribution in [3.8, 4) is 0 Å². The minimum Gasteiger partial charge on any atom is -0.382 e. The molecule has 152 valence electrons. The number of hydrogen-bond acceptors (Lipinski definition) is 9. The van der Waals surface area contributed by atoms with E-state index in [1.54, 1.807) is 12.1 Å². The molecule has 0 spiro atoms. The number of aromatic nitrogens is 4. The molecule has 2 unspecified atom stereocenters. The highest BCUT2D eigenvalue weighted by atomic mass is 16.5. The molecular weight excluding hydrogens is 364 g/mol. The lowest BCUT2D eigenvalue weighted by molar-refractivity contribution is -0.134. The monoisotopic (exact) mass is 390 g/mol. The zero-order valence-electron chi connectivity index (χ0n) is 15.6. The summed E-state index contributed by atoms with van der Waals surface area (Å²) in [5.41, 5.74) is 13.0. The van der Waals surface area contributed by atoms with E-state index in [4.69, 9.17) is 20.9 Å². The van der Waals surface area contributed by atoms with Crippen molar-refractivity contribution in [2.75, 3.05) is 64.1 Å². The maximum atomic E-state index is 13.9. The first-order chi connectivity index (χ1) is 13.6. The predicted molar refractivity (Wildman–Crippen MR) is 101 cm³/mol. The fourth-order valence-corrected chi connectivity index (χ4v) is 3.87. The van der Waals surface area contributed by atoms with Gasteiger partial charge in [0, 0.05) is 38.3 Å². The van der Waals surface area contributed by atoms with Gasteiger partial charge in [-0.2, -0.15) is 10.2 Å². The molecule has 11 heteroatoms. The Kier molecular flexibility index (Phi) is 5.57. The zero-order chi connectivity index (χ0) is 19.5. The van der Waals surface area contributed by atoms with Crippen LogP contribution in [0.3, 0.4) is 0 Å². The fraction of sp³-hybridized carbons (Fsp3) is 0.588. The number of aromatic amines is 2. The van der Waals surface area contributed by atoms with Gasteiger partial charge in [-0.3, -0.25) is 24.8 Å². The van der Waals surface area contributed by atoms with Gasteiger partial charge in [-0.15, -0.1) is 0 Å². The highest BCUT2D eigenvalue weighted by Crippen LogP contribution is 2.32. The topological polar surface area (TPSA) is 151 Å². The molecular formula is C17H26N8O3. The Labute approximate surface area is 162 Å². The Hall–Kier alpha value is -2.47. The summed E-state index contributed by atoms with van der Waals surface area (Å²) in [6.45, 7) is 4.90. The standard InChI is InChI=1S/C17H26N8O3/c18-13-9-11(20-22-13)15(24-1-5-27-6-2-24)17(26)16(12-10-14(19)23-21-12)25-3-7-28-8-4-25/h9-10,15-16H,1-8H2,(H3,18,20,22)(H3,19,21,23). The number of nitrogens with one attached hydrogen (secondary N) is 2. The first kappa shape index (κ1) is 18.9. The van der Waals surface area contributed by atoms with Crippen LogP contribution in [0, 0.1) is 0 Å². The lowest BCUT2D eigenvalue weighted by Gasteiger charge is -2.38. The van der Waals surface area contributed by atoms with Gasteiger partial charge in [0.2, 0.25) is 0 Å². The Bertz CT molecular complexity index is 730. The molecule has 0 aromatic carbocycles. The summed E-state index contributed by atoms with van der Waals surface area (Å²) in [4.78, 5) is 18.1. The average molecular weight is 390 g/mol. The van der Waals surface area contributed by atoms with Gasteiger partial charge in [-0.1, -0.05) is 0 Å². The summed E-state index contributed by atoms with van der Waals surface area (Å²) < 4.78 is 10.9. The van der Waals surface area contributed by atoms with Crippen molar-refractivity contribution in [2.45, 2.75) is 12.1 Å². The van der Waals surface area contributed by atoms with Crippen LogP contribution in [0.25, 0.3) is 0 Å². The van der Waals surface area contributed by atoms with E-state index in [-0.39, 0.29) is 5.78 Å². The molecule has 2 aromatic heterocycles. The van der Waals surface area contributed by atoms with Crippen LogP contribution in [0.15, 0.2) is 12.1 Å². The van der Waals surface area contributed by atoms with Crippen molar-refractivity contribution >= 4 is 17.4 Å². The highest BCUT2D eigenvalue weighted by molar-refractivity contribution is 5.90. The van der Waals surface area contributed by atoms with E-state index in [0.717, 1.165) is 0 Å². The number of nitrogens with two attached hydrogens (primary N) is 2. The number of morpholine rings is 2. The number of nitrogens with zero attached hydrogens (tertiary/aromatic N) is 4. The quantitative estimate of drug-likeness (QED) is 0.502. The summed E-state index contributed by atoms with van der Waals surface area (Å²) >= 11 is 0. The molecule has 28 heavy (non-hydrogen) atoms. The molecule has 11 nitrogen and oxygen atoms in total. The second kappa shape index (κ2) is 8.27. The van der Waals surface area contributed by atoms with E-state index in [1.165, 1.54) is 0 Å². The molecule has 0 aliphatic carbocycles. The van der Waals surface area contributed by atoms with Crippen LogP contribution in [-0.2, 0) is 14.3 Å². The van der Waals surface area contributed by atoms with Crippen molar-refractivity contribution < 1.29 is 14.3 Å². The smallest absolute Gasteiger partial charge is 0.179 e. The SMILES string of the molecule is Nc1cc(C(C(=O)C(c2cc(N)n[nH]2)N2CCOCC2)N2CCOCC2)[nH]n1. The Balaban J connectivity index is 1.70. The van der Waals surface area contributed by atoms with Gasteiger partial charge in [-0.05, 0) is 0 Å². The summed E-state index contributed by atoms with van der Waals surface area (Å²) in [5.74, 6) is 0.723. The van der Waals surface area contributed by atoms with E-state index >= 15 is 0 Å². The average Bonchev–Trinajstić information content (AvgIpc) is 3.32. The third-order valence-electron chi connectivity index (χ3n) is 5.18. The molecule has 2 aromatic rings. The molecule has 4 heterocycles. The van der Waals surface area contributed by atoms with Crippen LogP contribution in [-0.4, -0.2) is 88.6 Å². The number of hydrogen-bond donors (Lipinski definition) is 4. The Morgan fingerprint density at radius 3 is 1.57 bits per heavy atom. The van der Waals surface area contributed by atoms with E-state index < -0.39 is 12.1 Å². The maximum absolute atomic E-state index is 13.9. The number of nitrogen functional groups attached to an aromatic ring is 2.